The van der Waals surface area contributed by atoms with Gasteiger partial charge in [0.15, 0.2) is 0 Å². The maximum absolute atomic E-state index is 11.8. The zero-order valence-corrected chi connectivity index (χ0v) is 14.8. The summed E-state index contributed by atoms with van der Waals surface area (Å²) in [5.74, 6) is 0.791. The van der Waals surface area contributed by atoms with Gasteiger partial charge in [0.2, 0.25) is 10.0 Å². The van der Waals surface area contributed by atoms with Crippen LogP contribution in [0.1, 0.15) is 30.2 Å². The van der Waals surface area contributed by atoms with Crippen LogP contribution in [0, 0.1) is 6.92 Å². The molecule has 3 heterocycles. The highest BCUT2D eigenvalue weighted by atomic mass is 32.2. The first-order valence-electron chi connectivity index (χ1n) is 7.89. The molecule has 0 N–H and O–H groups in total. The van der Waals surface area contributed by atoms with Crippen molar-refractivity contribution < 1.29 is 17.7 Å². The Balaban J connectivity index is 1.92. The molecule has 1 saturated heterocycles. The Hall–Kier alpha value is -1.77. The second-order valence-corrected chi connectivity index (χ2v) is 7.83. The Labute approximate surface area is 141 Å². The Morgan fingerprint density at radius 2 is 2.17 bits per heavy atom. The van der Waals surface area contributed by atoms with Crippen LogP contribution < -0.4 is 0 Å². The molecule has 0 aromatic carbocycles. The van der Waals surface area contributed by atoms with Crippen LogP contribution >= 0.6 is 0 Å². The molecule has 1 unspecified atom stereocenters. The molecule has 1 fully saturated rings. The molecule has 7 nitrogen and oxygen atoms in total. The van der Waals surface area contributed by atoms with E-state index in [1.54, 1.807) is 0 Å². The number of sulfonamides is 1. The second kappa shape index (κ2) is 6.62. The summed E-state index contributed by atoms with van der Waals surface area (Å²) in [6.45, 7) is 4.89. The molecule has 2 aromatic rings. The van der Waals surface area contributed by atoms with Gasteiger partial charge in [0.25, 0.3) is 0 Å². The summed E-state index contributed by atoms with van der Waals surface area (Å²) in [6, 6.07) is 5.65. The molecule has 1 aliphatic heterocycles. The average molecular weight is 351 g/mol. The highest BCUT2D eigenvalue weighted by Gasteiger charge is 2.28. The fraction of sp³-hybridized carbons (Fsp3) is 0.500. The summed E-state index contributed by atoms with van der Waals surface area (Å²) in [5, 5.41) is 4.02. The van der Waals surface area contributed by atoms with E-state index in [1.807, 2.05) is 32.0 Å². The molecule has 0 amide bonds. The number of hydrogen-bond donors (Lipinski definition) is 0. The smallest absolute Gasteiger partial charge is 0.211 e. The molecule has 2 aromatic heterocycles. The molecule has 0 aliphatic carbocycles. The molecule has 0 bridgehead atoms. The van der Waals surface area contributed by atoms with Crippen molar-refractivity contribution in [1.29, 1.82) is 0 Å². The molecule has 0 spiro atoms. The molecule has 0 radical (unpaired) electrons. The van der Waals surface area contributed by atoms with Crippen molar-refractivity contribution in [2.24, 2.45) is 0 Å². The minimum atomic E-state index is -3.24. The summed E-state index contributed by atoms with van der Waals surface area (Å²) >= 11 is 0. The number of ether oxygens (including phenoxy) is 1. The highest BCUT2D eigenvalue weighted by molar-refractivity contribution is 7.88. The molecular formula is C16H21N3O4S. The van der Waals surface area contributed by atoms with E-state index in [2.05, 4.69) is 10.1 Å². The summed E-state index contributed by atoms with van der Waals surface area (Å²) in [7, 11) is -3.24. The van der Waals surface area contributed by atoms with Crippen LogP contribution in [0.3, 0.4) is 0 Å². The number of nitrogens with zero attached hydrogens (tertiary/aromatic N) is 3. The highest BCUT2D eigenvalue weighted by Crippen LogP contribution is 2.29. The molecule has 1 aliphatic rings. The van der Waals surface area contributed by atoms with Gasteiger partial charge in [-0.05, 0) is 19.1 Å². The lowest BCUT2D eigenvalue weighted by Crippen LogP contribution is -2.41. The summed E-state index contributed by atoms with van der Waals surface area (Å²) in [4.78, 5) is 4.68. The van der Waals surface area contributed by atoms with Gasteiger partial charge in [0, 0.05) is 19.5 Å². The van der Waals surface area contributed by atoms with E-state index in [0.717, 1.165) is 29.1 Å². The van der Waals surface area contributed by atoms with Gasteiger partial charge in [0.05, 0.1) is 35.5 Å². The summed E-state index contributed by atoms with van der Waals surface area (Å²) < 4.78 is 36.1. The Kier molecular flexibility index (Phi) is 4.71. The summed E-state index contributed by atoms with van der Waals surface area (Å²) in [5.41, 5.74) is 3.17. The van der Waals surface area contributed by atoms with Crippen molar-refractivity contribution in [3.05, 3.63) is 35.3 Å². The van der Waals surface area contributed by atoms with E-state index < -0.39 is 10.0 Å². The van der Waals surface area contributed by atoms with Crippen LogP contribution in [0.5, 0.6) is 0 Å². The third kappa shape index (κ3) is 3.35. The Bertz CT molecular complexity index is 832. The number of hydrogen-bond acceptors (Lipinski definition) is 6. The van der Waals surface area contributed by atoms with Crippen molar-refractivity contribution >= 4 is 10.0 Å². The normalized spacial score (nSPS) is 19.5. The predicted molar refractivity (Wildman–Crippen MR) is 89.0 cm³/mol. The minimum absolute atomic E-state index is 0.276. The Morgan fingerprint density at radius 3 is 2.88 bits per heavy atom. The third-order valence-electron chi connectivity index (χ3n) is 4.11. The zero-order chi connectivity index (χ0) is 17.3. The van der Waals surface area contributed by atoms with Crippen LogP contribution in [-0.2, 0) is 21.2 Å². The fourth-order valence-electron chi connectivity index (χ4n) is 2.86. The van der Waals surface area contributed by atoms with Gasteiger partial charge in [-0.3, -0.25) is 0 Å². The van der Waals surface area contributed by atoms with E-state index in [1.165, 1.54) is 10.6 Å². The summed E-state index contributed by atoms with van der Waals surface area (Å²) in [6.07, 6.45) is 1.57. The largest absolute Gasteiger partial charge is 0.369 e. The molecule has 1 atom stereocenters. The molecular weight excluding hydrogens is 330 g/mol. The van der Waals surface area contributed by atoms with Crippen LogP contribution in [0.25, 0.3) is 11.3 Å². The minimum Gasteiger partial charge on any atom is -0.369 e. The molecule has 24 heavy (non-hydrogen) atoms. The quantitative estimate of drug-likeness (QED) is 0.837. The first kappa shape index (κ1) is 17.1. The topological polar surface area (TPSA) is 85.5 Å². The lowest BCUT2D eigenvalue weighted by atomic mass is 10.1. The van der Waals surface area contributed by atoms with Gasteiger partial charge in [-0.25, -0.2) is 13.4 Å². The van der Waals surface area contributed by atoms with E-state index in [-0.39, 0.29) is 12.6 Å². The molecule has 130 valence electrons. The van der Waals surface area contributed by atoms with Crippen LogP contribution in [-0.4, -0.2) is 48.8 Å². The van der Waals surface area contributed by atoms with Gasteiger partial charge in [-0.2, -0.15) is 4.31 Å². The lowest BCUT2D eigenvalue weighted by Gasteiger charge is -2.31. The van der Waals surface area contributed by atoms with Crippen molar-refractivity contribution in [2.45, 2.75) is 26.4 Å². The van der Waals surface area contributed by atoms with E-state index in [9.17, 15) is 8.42 Å². The monoisotopic (exact) mass is 351 g/mol. The Morgan fingerprint density at radius 1 is 1.38 bits per heavy atom. The average Bonchev–Trinajstić information content (AvgIpc) is 2.95. The fourth-order valence-corrected chi connectivity index (χ4v) is 3.67. The van der Waals surface area contributed by atoms with Crippen molar-refractivity contribution in [3.8, 4) is 11.3 Å². The van der Waals surface area contributed by atoms with Crippen molar-refractivity contribution in [1.82, 2.24) is 14.4 Å². The number of aromatic nitrogens is 2. The van der Waals surface area contributed by atoms with E-state index >= 15 is 0 Å². The first-order valence-corrected chi connectivity index (χ1v) is 9.74. The van der Waals surface area contributed by atoms with Crippen LogP contribution in [0.15, 0.2) is 22.7 Å². The number of pyridine rings is 1. The SMILES string of the molecule is CCc1onc(C)c1-c1cccc(C2CN(S(C)(=O)=O)CCO2)n1. The van der Waals surface area contributed by atoms with Gasteiger partial charge < -0.3 is 9.26 Å². The maximum Gasteiger partial charge on any atom is 0.211 e. The number of rotatable bonds is 4. The van der Waals surface area contributed by atoms with Crippen molar-refractivity contribution in [3.63, 3.8) is 0 Å². The predicted octanol–water partition coefficient (Wildman–Crippen LogP) is 1.94. The van der Waals surface area contributed by atoms with Crippen LogP contribution in [0.2, 0.25) is 0 Å². The standard InChI is InChI=1S/C16H21N3O4S/c1-4-14-16(11(2)18-23-14)13-7-5-6-12(17-13)15-10-19(8-9-22-15)24(3,20)21/h5-7,15H,4,8-10H2,1-3H3. The van der Waals surface area contributed by atoms with Crippen LogP contribution in [0.4, 0.5) is 0 Å². The first-order chi connectivity index (χ1) is 11.4. The van der Waals surface area contributed by atoms with Gasteiger partial charge in [0.1, 0.15) is 11.9 Å². The molecule has 0 saturated carbocycles. The zero-order valence-electron chi connectivity index (χ0n) is 14.0. The molecule has 8 heteroatoms. The van der Waals surface area contributed by atoms with Crippen molar-refractivity contribution in [2.75, 3.05) is 26.0 Å². The number of morpholine rings is 1. The third-order valence-corrected chi connectivity index (χ3v) is 5.38. The van der Waals surface area contributed by atoms with Gasteiger partial charge in [-0.15, -0.1) is 0 Å². The number of aryl methyl sites for hydroxylation is 2. The maximum atomic E-state index is 11.8. The van der Waals surface area contributed by atoms with Gasteiger partial charge >= 0.3 is 0 Å². The lowest BCUT2D eigenvalue weighted by molar-refractivity contribution is -0.00467. The second-order valence-electron chi connectivity index (χ2n) is 5.85. The van der Waals surface area contributed by atoms with E-state index in [0.29, 0.717) is 18.8 Å². The van der Waals surface area contributed by atoms with E-state index in [4.69, 9.17) is 9.26 Å². The molecule has 3 rings (SSSR count). The van der Waals surface area contributed by atoms with Gasteiger partial charge in [-0.1, -0.05) is 18.1 Å².